The maximum absolute atomic E-state index is 13.2. The van der Waals surface area contributed by atoms with Gasteiger partial charge in [0, 0.05) is 11.5 Å². The first-order valence-electron chi connectivity index (χ1n) is 7.26. The van der Waals surface area contributed by atoms with Crippen molar-refractivity contribution in [2.75, 3.05) is 5.73 Å². The molecular formula is C16H18ClFN2O. The van der Waals surface area contributed by atoms with Gasteiger partial charge in [0.05, 0.1) is 10.6 Å². The van der Waals surface area contributed by atoms with Gasteiger partial charge in [0.1, 0.15) is 11.6 Å². The van der Waals surface area contributed by atoms with Crippen LogP contribution in [0.5, 0.6) is 0 Å². The van der Waals surface area contributed by atoms with E-state index >= 15 is 0 Å². The fraction of sp³-hybridized carbons (Fsp3) is 0.438. The zero-order chi connectivity index (χ0) is 15.0. The molecule has 21 heavy (non-hydrogen) atoms. The second kappa shape index (κ2) is 5.68. The van der Waals surface area contributed by atoms with Crippen LogP contribution in [0.1, 0.15) is 44.3 Å². The number of nitrogen functional groups attached to an aromatic ring is 1. The minimum atomic E-state index is -0.369. The van der Waals surface area contributed by atoms with E-state index in [1.807, 2.05) is 0 Å². The van der Waals surface area contributed by atoms with Crippen LogP contribution in [0, 0.1) is 11.7 Å². The minimum Gasteiger partial charge on any atom is -0.380 e. The van der Waals surface area contributed by atoms with Crippen LogP contribution in [0.4, 0.5) is 10.2 Å². The summed E-state index contributed by atoms with van der Waals surface area (Å²) >= 11 is 6.16. The number of hydrogen-bond donors (Lipinski definition) is 1. The second-order valence-electron chi connectivity index (χ2n) is 5.89. The monoisotopic (exact) mass is 308 g/mol. The molecule has 3 rings (SSSR count). The van der Waals surface area contributed by atoms with Gasteiger partial charge in [-0.2, -0.15) is 0 Å². The van der Waals surface area contributed by atoms with Crippen molar-refractivity contribution in [3.8, 4) is 11.1 Å². The lowest BCUT2D eigenvalue weighted by Crippen LogP contribution is -2.11. The number of rotatable bonds is 2. The summed E-state index contributed by atoms with van der Waals surface area (Å²) in [5.41, 5.74) is 7.36. The van der Waals surface area contributed by atoms with Crippen LogP contribution < -0.4 is 5.73 Å². The van der Waals surface area contributed by atoms with Gasteiger partial charge in [0.15, 0.2) is 5.82 Å². The molecule has 0 radical (unpaired) electrons. The summed E-state index contributed by atoms with van der Waals surface area (Å²) in [6, 6.07) is 4.30. The van der Waals surface area contributed by atoms with Crippen molar-refractivity contribution < 1.29 is 8.91 Å². The lowest BCUT2D eigenvalue weighted by molar-refractivity contribution is 0.289. The van der Waals surface area contributed by atoms with E-state index < -0.39 is 0 Å². The Bertz CT molecular complexity index is 648. The molecule has 1 saturated carbocycles. The first-order valence-corrected chi connectivity index (χ1v) is 7.64. The molecule has 2 N–H and O–H groups in total. The fourth-order valence-electron chi connectivity index (χ4n) is 3.08. The predicted octanol–water partition coefficient (Wildman–Crippen LogP) is 5.01. The molecule has 112 valence electrons. The number of halogens is 2. The van der Waals surface area contributed by atoms with E-state index in [-0.39, 0.29) is 5.82 Å². The van der Waals surface area contributed by atoms with Gasteiger partial charge in [-0.15, -0.1) is 0 Å². The number of nitrogens with zero attached hydrogens (tertiary/aromatic N) is 1. The second-order valence-corrected chi connectivity index (χ2v) is 6.30. The largest absolute Gasteiger partial charge is 0.380 e. The zero-order valence-electron chi connectivity index (χ0n) is 11.9. The van der Waals surface area contributed by atoms with Crippen LogP contribution in [-0.4, -0.2) is 5.16 Å². The summed E-state index contributed by atoms with van der Waals surface area (Å²) in [6.07, 6.45) is 4.45. The molecular weight excluding hydrogens is 291 g/mol. The van der Waals surface area contributed by atoms with Crippen LogP contribution >= 0.6 is 11.6 Å². The number of benzene rings is 1. The van der Waals surface area contributed by atoms with Crippen molar-refractivity contribution in [3.05, 3.63) is 34.8 Å². The number of aromatic nitrogens is 1. The predicted molar refractivity (Wildman–Crippen MR) is 81.7 cm³/mol. The molecule has 1 aromatic heterocycles. The van der Waals surface area contributed by atoms with Crippen LogP contribution in [0.15, 0.2) is 22.7 Å². The van der Waals surface area contributed by atoms with Crippen LogP contribution in [0.25, 0.3) is 11.1 Å². The highest BCUT2D eigenvalue weighted by Gasteiger charge is 2.28. The smallest absolute Gasteiger partial charge is 0.175 e. The maximum atomic E-state index is 13.2. The van der Waals surface area contributed by atoms with Crippen molar-refractivity contribution >= 4 is 17.4 Å². The van der Waals surface area contributed by atoms with E-state index in [9.17, 15) is 4.39 Å². The normalized spacial score (nSPS) is 22.4. The van der Waals surface area contributed by atoms with E-state index in [0.29, 0.717) is 22.3 Å². The van der Waals surface area contributed by atoms with Gasteiger partial charge in [0.2, 0.25) is 0 Å². The molecule has 0 aliphatic heterocycles. The molecule has 1 aliphatic carbocycles. The standard InChI is InChI=1S/C16H18ClFN2O/c1-9-2-4-10(5-3-9)15-14(16(19)20-21-15)12-7-6-11(18)8-13(12)17/h6-10H,2-5H2,1H3,(H2,19,20). The molecule has 0 atom stereocenters. The molecule has 1 fully saturated rings. The first kappa shape index (κ1) is 14.4. The van der Waals surface area contributed by atoms with Crippen molar-refractivity contribution in [3.63, 3.8) is 0 Å². The SMILES string of the molecule is CC1CCC(c2onc(N)c2-c2ccc(F)cc2Cl)CC1. The highest BCUT2D eigenvalue weighted by molar-refractivity contribution is 6.33. The van der Waals surface area contributed by atoms with E-state index in [2.05, 4.69) is 12.1 Å². The maximum Gasteiger partial charge on any atom is 0.175 e. The summed E-state index contributed by atoms with van der Waals surface area (Å²) in [5, 5.41) is 4.23. The van der Waals surface area contributed by atoms with Crippen LogP contribution in [0.3, 0.4) is 0 Å². The number of hydrogen-bond acceptors (Lipinski definition) is 3. The van der Waals surface area contributed by atoms with Crippen molar-refractivity contribution in [2.45, 2.75) is 38.5 Å². The number of nitrogens with two attached hydrogens (primary N) is 1. The number of anilines is 1. The fourth-order valence-corrected chi connectivity index (χ4v) is 3.34. The first-order chi connectivity index (χ1) is 10.1. The Kier molecular flexibility index (Phi) is 3.89. The summed E-state index contributed by atoms with van der Waals surface area (Å²) in [7, 11) is 0. The summed E-state index contributed by atoms with van der Waals surface area (Å²) in [6.45, 7) is 2.27. The van der Waals surface area contributed by atoms with Gasteiger partial charge in [0.25, 0.3) is 0 Å². The highest BCUT2D eigenvalue weighted by Crippen LogP contribution is 2.43. The van der Waals surface area contributed by atoms with Gasteiger partial charge in [-0.3, -0.25) is 0 Å². The summed E-state index contributed by atoms with van der Waals surface area (Å²) in [4.78, 5) is 0. The molecule has 0 bridgehead atoms. The third kappa shape index (κ3) is 2.77. The highest BCUT2D eigenvalue weighted by atomic mass is 35.5. The van der Waals surface area contributed by atoms with Crippen LogP contribution in [-0.2, 0) is 0 Å². The Morgan fingerprint density at radius 1 is 1.29 bits per heavy atom. The third-order valence-electron chi connectivity index (χ3n) is 4.33. The third-order valence-corrected chi connectivity index (χ3v) is 4.64. The Morgan fingerprint density at radius 3 is 2.67 bits per heavy atom. The lowest BCUT2D eigenvalue weighted by Gasteiger charge is -2.25. The van der Waals surface area contributed by atoms with E-state index in [4.69, 9.17) is 21.9 Å². The molecule has 0 saturated heterocycles. The Morgan fingerprint density at radius 2 is 2.00 bits per heavy atom. The van der Waals surface area contributed by atoms with Gasteiger partial charge >= 0.3 is 0 Å². The van der Waals surface area contributed by atoms with Crippen molar-refractivity contribution in [1.82, 2.24) is 5.16 Å². The quantitative estimate of drug-likeness (QED) is 0.848. The molecule has 0 unspecified atom stereocenters. The van der Waals surface area contributed by atoms with Gasteiger partial charge in [-0.25, -0.2) is 4.39 Å². The summed E-state index contributed by atoms with van der Waals surface area (Å²) < 4.78 is 18.7. The molecule has 1 aromatic carbocycles. The Hall–Kier alpha value is -1.55. The molecule has 1 heterocycles. The molecule has 0 spiro atoms. The lowest BCUT2D eigenvalue weighted by atomic mass is 9.80. The minimum absolute atomic E-state index is 0.308. The van der Waals surface area contributed by atoms with Crippen molar-refractivity contribution in [1.29, 1.82) is 0 Å². The van der Waals surface area contributed by atoms with Gasteiger partial charge in [-0.05, 0) is 37.0 Å². The molecule has 5 heteroatoms. The molecule has 2 aromatic rings. The molecule has 1 aliphatic rings. The average Bonchev–Trinajstić information content (AvgIpc) is 2.82. The van der Waals surface area contributed by atoms with E-state index in [1.165, 1.54) is 25.0 Å². The van der Waals surface area contributed by atoms with Crippen LogP contribution in [0.2, 0.25) is 5.02 Å². The van der Waals surface area contributed by atoms with Gasteiger partial charge < -0.3 is 10.3 Å². The average molecular weight is 309 g/mol. The Balaban J connectivity index is 2.01. The van der Waals surface area contributed by atoms with E-state index in [1.54, 1.807) is 6.07 Å². The van der Waals surface area contributed by atoms with E-state index in [0.717, 1.165) is 30.1 Å². The molecule has 0 amide bonds. The molecule has 3 nitrogen and oxygen atoms in total. The van der Waals surface area contributed by atoms with Crippen molar-refractivity contribution in [2.24, 2.45) is 5.92 Å². The topological polar surface area (TPSA) is 52.0 Å². The zero-order valence-corrected chi connectivity index (χ0v) is 12.7. The Labute approximate surface area is 128 Å². The summed E-state index contributed by atoms with van der Waals surface area (Å²) in [5.74, 6) is 1.79. The van der Waals surface area contributed by atoms with Gasteiger partial charge in [-0.1, -0.05) is 36.5 Å².